The average molecular weight is 428 g/mol. The van der Waals surface area contributed by atoms with Gasteiger partial charge < -0.3 is 19.5 Å². The predicted molar refractivity (Wildman–Crippen MR) is 118 cm³/mol. The molecule has 0 fully saturated rings. The van der Waals surface area contributed by atoms with Crippen molar-refractivity contribution in [3.8, 4) is 5.69 Å². The molecule has 2 aliphatic heterocycles. The number of hydrogen-bond donors (Lipinski definition) is 1. The monoisotopic (exact) mass is 428 g/mol. The predicted octanol–water partition coefficient (Wildman–Crippen LogP) is 2.98. The van der Waals surface area contributed by atoms with Gasteiger partial charge in [0.15, 0.2) is 0 Å². The van der Waals surface area contributed by atoms with Gasteiger partial charge in [0.05, 0.1) is 12.5 Å². The minimum atomic E-state index is -0.412. The van der Waals surface area contributed by atoms with E-state index in [1.54, 1.807) is 40.7 Å². The summed E-state index contributed by atoms with van der Waals surface area (Å²) in [5.41, 5.74) is 2.58. The Labute approximate surface area is 184 Å². The molecule has 0 aliphatic carbocycles. The Morgan fingerprint density at radius 1 is 1.06 bits per heavy atom. The van der Waals surface area contributed by atoms with Crippen molar-refractivity contribution >= 4 is 23.6 Å². The maximum Gasteiger partial charge on any atom is 0.348 e. The number of nitrogens with zero attached hydrogens (tertiary/aromatic N) is 5. The zero-order valence-corrected chi connectivity index (χ0v) is 17.1. The first-order chi connectivity index (χ1) is 15.7. The van der Waals surface area contributed by atoms with Crippen LogP contribution in [0.1, 0.15) is 5.56 Å². The molecule has 1 N–H and O–H groups in total. The fourth-order valence-electron chi connectivity index (χ4n) is 3.48. The molecule has 0 unspecified atom stereocenters. The number of rotatable bonds is 5. The van der Waals surface area contributed by atoms with Gasteiger partial charge in [-0.25, -0.2) is 9.78 Å². The highest BCUT2D eigenvalue weighted by Crippen LogP contribution is 2.20. The lowest BCUT2D eigenvalue weighted by Crippen LogP contribution is -2.31. The van der Waals surface area contributed by atoms with E-state index in [4.69, 9.17) is 4.74 Å². The summed E-state index contributed by atoms with van der Waals surface area (Å²) in [5, 5.41) is 2.80. The largest absolute Gasteiger partial charge is 0.418 e. The van der Waals surface area contributed by atoms with E-state index in [0.717, 1.165) is 11.3 Å². The molecule has 3 aromatic rings. The lowest BCUT2D eigenvalue weighted by Gasteiger charge is -2.19. The van der Waals surface area contributed by atoms with E-state index >= 15 is 0 Å². The first-order valence-corrected chi connectivity index (χ1v) is 10.1. The molecular formula is C23H20N6O3. The van der Waals surface area contributed by atoms with Gasteiger partial charge in [-0.15, -0.1) is 4.99 Å². The highest BCUT2D eigenvalue weighted by Gasteiger charge is 2.31. The van der Waals surface area contributed by atoms with Crippen LogP contribution in [0.15, 0.2) is 90.3 Å². The van der Waals surface area contributed by atoms with Gasteiger partial charge in [-0.2, -0.15) is 0 Å². The van der Waals surface area contributed by atoms with E-state index in [1.807, 2.05) is 53.2 Å². The van der Waals surface area contributed by atoms with Crippen molar-refractivity contribution in [1.29, 1.82) is 0 Å². The van der Waals surface area contributed by atoms with Gasteiger partial charge in [0.1, 0.15) is 0 Å². The van der Waals surface area contributed by atoms with Crippen LogP contribution in [0, 0.1) is 0 Å². The number of carbonyl (C=O) groups is 2. The first-order valence-electron chi connectivity index (χ1n) is 10.1. The number of fused-ring (bicyclic) bond motifs is 1. The molecule has 160 valence electrons. The number of amides is 3. The maximum atomic E-state index is 12.6. The van der Waals surface area contributed by atoms with Gasteiger partial charge in [-0.3, -0.25) is 9.69 Å². The zero-order valence-electron chi connectivity index (χ0n) is 17.1. The van der Waals surface area contributed by atoms with Gasteiger partial charge in [0, 0.05) is 43.4 Å². The zero-order chi connectivity index (χ0) is 21.9. The first kappa shape index (κ1) is 19.6. The van der Waals surface area contributed by atoms with Crippen molar-refractivity contribution in [2.45, 2.75) is 6.54 Å². The fraction of sp³-hybridized carbons (Fsp3) is 0.130. The number of aliphatic imine (C=N–C) groups is 1. The summed E-state index contributed by atoms with van der Waals surface area (Å²) >= 11 is 0. The molecule has 5 rings (SSSR count). The molecule has 9 nitrogen and oxygen atoms in total. The third kappa shape index (κ3) is 4.08. The summed E-state index contributed by atoms with van der Waals surface area (Å²) in [6, 6.07) is 16.8. The van der Waals surface area contributed by atoms with E-state index in [9.17, 15) is 9.59 Å². The molecule has 2 aromatic carbocycles. The maximum absolute atomic E-state index is 12.6. The smallest absolute Gasteiger partial charge is 0.348 e. The number of hydrogen-bond acceptors (Lipinski definition) is 5. The number of anilines is 1. The molecule has 0 bridgehead atoms. The molecule has 0 saturated heterocycles. The van der Waals surface area contributed by atoms with Gasteiger partial charge in [0.25, 0.3) is 5.91 Å². The molecule has 3 heterocycles. The van der Waals surface area contributed by atoms with Crippen LogP contribution in [-0.2, 0) is 16.1 Å². The van der Waals surface area contributed by atoms with Crippen molar-refractivity contribution in [2.24, 2.45) is 4.99 Å². The van der Waals surface area contributed by atoms with E-state index in [2.05, 4.69) is 15.3 Å². The Bertz CT molecular complexity index is 1190. The second-order valence-corrected chi connectivity index (χ2v) is 7.34. The third-order valence-corrected chi connectivity index (χ3v) is 5.16. The number of benzene rings is 2. The van der Waals surface area contributed by atoms with Crippen molar-refractivity contribution in [3.05, 3.63) is 90.8 Å². The summed E-state index contributed by atoms with van der Waals surface area (Å²) in [6.07, 6.45) is 6.82. The second kappa shape index (κ2) is 8.38. The molecule has 1 aromatic heterocycles. The summed E-state index contributed by atoms with van der Waals surface area (Å²) in [4.78, 5) is 36.6. The lowest BCUT2D eigenvalue weighted by molar-refractivity contribution is -0.114. The average Bonchev–Trinajstić information content (AvgIpc) is 3.46. The number of amidine groups is 1. The molecule has 0 atom stereocenters. The number of ether oxygens (including phenoxy) is 1. The lowest BCUT2D eigenvalue weighted by atomic mass is 10.2. The highest BCUT2D eigenvalue weighted by atomic mass is 16.5. The van der Waals surface area contributed by atoms with Crippen molar-refractivity contribution in [1.82, 2.24) is 19.4 Å². The van der Waals surface area contributed by atoms with Crippen LogP contribution in [0.25, 0.3) is 5.69 Å². The van der Waals surface area contributed by atoms with E-state index < -0.39 is 11.9 Å². The number of nitrogens with one attached hydrogen (secondary N) is 1. The van der Waals surface area contributed by atoms with Crippen LogP contribution in [0.4, 0.5) is 10.5 Å². The Morgan fingerprint density at radius 2 is 1.88 bits per heavy atom. The second-order valence-electron chi connectivity index (χ2n) is 7.34. The van der Waals surface area contributed by atoms with Crippen LogP contribution in [0.5, 0.6) is 0 Å². The highest BCUT2D eigenvalue weighted by molar-refractivity contribution is 6.06. The normalized spacial score (nSPS) is 15.4. The number of imidazole rings is 1. The van der Waals surface area contributed by atoms with Gasteiger partial charge >= 0.3 is 12.1 Å². The summed E-state index contributed by atoms with van der Waals surface area (Å²) in [7, 11) is 0. The van der Waals surface area contributed by atoms with E-state index in [1.165, 1.54) is 0 Å². The minimum absolute atomic E-state index is 0.0896. The Morgan fingerprint density at radius 3 is 2.62 bits per heavy atom. The molecule has 0 saturated carbocycles. The molecule has 0 radical (unpaired) electrons. The quantitative estimate of drug-likeness (QED) is 0.675. The third-order valence-electron chi connectivity index (χ3n) is 5.16. The number of carbonyl (C=O) groups excluding carboxylic acids is 2. The van der Waals surface area contributed by atoms with Crippen LogP contribution in [-0.4, -0.2) is 50.4 Å². The fourth-order valence-corrected chi connectivity index (χ4v) is 3.48. The van der Waals surface area contributed by atoms with Crippen LogP contribution >= 0.6 is 0 Å². The number of urea groups is 1. The standard InChI is InChI=1S/C23H20N6O3/c30-21(25-18-6-8-19(9-7-18)29-11-10-24-16-29)20-15-28-13-12-27(22(31)26-23(28)32-20)14-17-4-2-1-3-5-17/h1-11,15-16H,12-14H2,(H,25,30). The molecule has 9 heteroatoms. The summed E-state index contributed by atoms with van der Waals surface area (Å²) < 4.78 is 7.46. The van der Waals surface area contributed by atoms with Gasteiger partial charge in [0.2, 0.25) is 5.76 Å². The molecule has 3 amide bonds. The Balaban J connectivity index is 1.22. The van der Waals surface area contributed by atoms with Gasteiger partial charge in [-0.05, 0) is 29.8 Å². The van der Waals surface area contributed by atoms with Crippen LogP contribution < -0.4 is 5.32 Å². The van der Waals surface area contributed by atoms with Crippen molar-refractivity contribution < 1.29 is 14.3 Å². The number of aromatic nitrogens is 2. The minimum Gasteiger partial charge on any atom is -0.418 e. The van der Waals surface area contributed by atoms with Crippen LogP contribution in [0.2, 0.25) is 0 Å². The molecule has 0 spiro atoms. The van der Waals surface area contributed by atoms with Crippen molar-refractivity contribution in [2.75, 3.05) is 18.4 Å². The molecular weight excluding hydrogens is 408 g/mol. The van der Waals surface area contributed by atoms with E-state index in [-0.39, 0.29) is 11.8 Å². The Hall–Kier alpha value is -4.40. The summed E-state index contributed by atoms with van der Waals surface area (Å²) in [5.74, 6) is -0.323. The SMILES string of the molecule is O=C(Nc1ccc(-n2ccnc2)cc1)C1=CN2CCN(Cc3ccccc3)C(=O)N=C2O1. The Kier molecular flexibility index (Phi) is 5.12. The molecule has 2 aliphatic rings. The van der Waals surface area contributed by atoms with Gasteiger partial charge in [-0.1, -0.05) is 30.3 Å². The molecule has 32 heavy (non-hydrogen) atoms. The van der Waals surface area contributed by atoms with E-state index in [0.29, 0.717) is 25.3 Å². The summed E-state index contributed by atoms with van der Waals surface area (Å²) in [6.45, 7) is 1.41. The van der Waals surface area contributed by atoms with Crippen LogP contribution in [0.3, 0.4) is 0 Å². The topological polar surface area (TPSA) is 92.1 Å². The van der Waals surface area contributed by atoms with Crippen molar-refractivity contribution in [3.63, 3.8) is 0 Å².